The van der Waals surface area contributed by atoms with Gasteiger partial charge in [0.05, 0.1) is 13.7 Å². The molecule has 0 spiro atoms. The number of nitrogens with one attached hydrogen (secondary N) is 1. The Bertz CT molecular complexity index is 558. The van der Waals surface area contributed by atoms with Gasteiger partial charge in [-0.2, -0.15) is 0 Å². The van der Waals surface area contributed by atoms with Crippen LogP contribution in [-0.4, -0.2) is 13.7 Å². The summed E-state index contributed by atoms with van der Waals surface area (Å²) >= 11 is 6.12. The summed E-state index contributed by atoms with van der Waals surface area (Å²) in [6, 6.07) is 13.7. The zero-order chi connectivity index (χ0) is 14.4. The highest BCUT2D eigenvalue weighted by atomic mass is 35.5. The van der Waals surface area contributed by atoms with Gasteiger partial charge in [0.15, 0.2) is 11.5 Å². The number of hydrogen-bond donors (Lipinski definition) is 1. The van der Waals surface area contributed by atoms with Crippen molar-refractivity contribution in [3.63, 3.8) is 0 Å². The lowest BCUT2D eigenvalue weighted by molar-refractivity contribution is 0.308. The molecule has 0 heterocycles. The number of anilines is 1. The first-order valence-electron chi connectivity index (χ1n) is 6.52. The average Bonchev–Trinajstić information content (AvgIpc) is 2.48. The van der Waals surface area contributed by atoms with Crippen LogP contribution in [0.3, 0.4) is 0 Å². The van der Waals surface area contributed by atoms with Crippen molar-refractivity contribution >= 4 is 17.3 Å². The van der Waals surface area contributed by atoms with Crippen molar-refractivity contribution in [2.45, 2.75) is 13.5 Å². The van der Waals surface area contributed by atoms with Crippen LogP contribution in [0.2, 0.25) is 5.02 Å². The van der Waals surface area contributed by atoms with Gasteiger partial charge >= 0.3 is 0 Å². The molecule has 0 radical (unpaired) electrons. The van der Waals surface area contributed by atoms with Gasteiger partial charge in [0.2, 0.25) is 0 Å². The molecule has 106 valence electrons. The normalized spacial score (nSPS) is 10.2. The van der Waals surface area contributed by atoms with Crippen molar-refractivity contribution in [1.29, 1.82) is 0 Å². The molecule has 2 aromatic carbocycles. The molecule has 0 aliphatic heterocycles. The third kappa shape index (κ3) is 3.58. The molecule has 0 aliphatic rings. The topological polar surface area (TPSA) is 30.5 Å². The van der Waals surface area contributed by atoms with E-state index in [1.807, 2.05) is 43.3 Å². The molecule has 20 heavy (non-hydrogen) atoms. The molecule has 3 nitrogen and oxygen atoms in total. The molecule has 0 fully saturated rings. The smallest absolute Gasteiger partial charge is 0.166 e. The van der Waals surface area contributed by atoms with Gasteiger partial charge in [0.25, 0.3) is 0 Å². The van der Waals surface area contributed by atoms with Crippen LogP contribution in [0.4, 0.5) is 5.69 Å². The summed E-state index contributed by atoms with van der Waals surface area (Å²) in [5, 5.41) is 3.98. The fourth-order valence-electron chi connectivity index (χ4n) is 1.97. The van der Waals surface area contributed by atoms with Crippen molar-refractivity contribution in [3.05, 3.63) is 53.1 Å². The molecule has 0 aromatic heterocycles. The van der Waals surface area contributed by atoms with Gasteiger partial charge in [-0.3, -0.25) is 0 Å². The van der Waals surface area contributed by atoms with Gasteiger partial charge in [0.1, 0.15) is 0 Å². The first kappa shape index (κ1) is 14.5. The third-order valence-corrected chi connectivity index (χ3v) is 3.08. The average molecular weight is 292 g/mol. The van der Waals surface area contributed by atoms with Crippen molar-refractivity contribution in [3.8, 4) is 11.5 Å². The van der Waals surface area contributed by atoms with E-state index >= 15 is 0 Å². The minimum absolute atomic E-state index is 0.580. The minimum Gasteiger partial charge on any atom is -0.493 e. The van der Waals surface area contributed by atoms with Gasteiger partial charge in [-0.05, 0) is 25.1 Å². The Hall–Kier alpha value is -1.87. The van der Waals surface area contributed by atoms with Crippen LogP contribution in [0.1, 0.15) is 12.5 Å². The minimum atomic E-state index is 0.580. The number of benzene rings is 2. The molecule has 0 amide bonds. The van der Waals surface area contributed by atoms with E-state index in [4.69, 9.17) is 21.1 Å². The van der Waals surface area contributed by atoms with E-state index in [0.717, 1.165) is 17.0 Å². The van der Waals surface area contributed by atoms with Crippen LogP contribution in [-0.2, 0) is 6.54 Å². The highest BCUT2D eigenvalue weighted by molar-refractivity contribution is 6.30. The quantitative estimate of drug-likeness (QED) is 0.858. The Balaban J connectivity index is 2.23. The molecule has 0 aliphatic carbocycles. The van der Waals surface area contributed by atoms with Gasteiger partial charge < -0.3 is 14.8 Å². The summed E-state index contributed by atoms with van der Waals surface area (Å²) in [5.74, 6) is 1.40. The van der Waals surface area contributed by atoms with E-state index in [-0.39, 0.29) is 0 Å². The van der Waals surface area contributed by atoms with E-state index in [0.29, 0.717) is 23.9 Å². The lowest BCUT2D eigenvalue weighted by Gasteiger charge is -2.15. The first-order chi connectivity index (χ1) is 9.74. The van der Waals surface area contributed by atoms with Crippen molar-refractivity contribution < 1.29 is 9.47 Å². The fourth-order valence-corrected chi connectivity index (χ4v) is 2.20. The summed E-state index contributed by atoms with van der Waals surface area (Å²) in [4.78, 5) is 0. The summed E-state index contributed by atoms with van der Waals surface area (Å²) in [6.45, 7) is 3.15. The molecule has 0 atom stereocenters. The Morgan fingerprint density at radius 1 is 1.15 bits per heavy atom. The highest BCUT2D eigenvalue weighted by Gasteiger charge is 2.12. The summed E-state index contributed by atoms with van der Waals surface area (Å²) in [7, 11) is 1.61. The van der Waals surface area contributed by atoms with E-state index in [1.165, 1.54) is 0 Å². The standard InChI is InChI=1S/C16H18ClNO2/c1-3-20-16-12(9-13(17)10-15(16)19-2)11-18-14-7-5-4-6-8-14/h4-10,18H,3,11H2,1-2H3. The predicted octanol–water partition coefficient (Wildman–Crippen LogP) is 4.36. The number of para-hydroxylation sites is 1. The number of halogens is 1. The number of rotatable bonds is 6. The number of ether oxygens (including phenoxy) is 2. The Morgan fingerprint density at radius 3 is 2.55 bits per heavy atom. The molecule has 2 rings (SSSR count). The maximum absolute atomic E-state index is 6.12. The molecule has 0 unspecified atom stereocenters. The first-order valence-corrected chi connectivity index (χ1v) is 6.90. The second kappa shape index (κ2) is 7.06. The largest absolute Gasteiger partial charge is 0.493 e. The summed E-state index contributed by atoms with van der Waals surface area (Å²) in [5.41, 5.74) is 2.02. The number of methoxy groups -OCH3 is 1. The molecule has 0 bridgehead atoms. The second-order valence-electron chi connectivity index (χ2n) is 4.25. The zero-order valence-corrected chi connectivity index (χ0v) is 12.4. The van der Waals surface area contributed by atoms with Gasteiger partial charge in [-0.1, -0.05) is 29.8 Å². The zero-order valence-electron chi connectivity index (χ0n) is 11.7. The van der Waals surface area contributed by atoms with E-state index in [9.17, 15) is 0 Å². The molecular weight excluding hydrogens is 274 g/mol. The van der Waals surface area contributed by atoms with Crippen molar-refractivity contribution in [2.75, 3.05) is 19.0 Å². The summed E-state index contributed by atoms with van der Waals surface area (Å²) < 4.78 is 11.0. The second-order valence-corrected chi connectivity index (χ2v) is 4.69. The highest BCUT2D eigenvalue weighted by Crippen LogP contribution is 2.35. The fraction of sp³-hybridized carbons (Fsp3) is 0.250. The van der Waals surface area contributed by atoms with Crippen molar-refractivity contribution in [2.24, 2.45) is 0 Å². The van der Waals surface area contributed by atoms with Crippen LogP contribution in [0, 0.1) is 0 Å². The van der Waals surface area contributed by atoms with E-state index < -0.39 is 0 Å². The van der Waals surface area contributed by atoms with Crippen LogP contribution in [0.15, 0.2) is 42.5 Å². The Kier molecular flexibility index (Phi) is 5.13. The summed E-state index contributed by atoms with van der Waals surface area (Å²) in [6.07, 6.45) is 0. The van der Waals surface area contributed by atoms with Crippen LogP contribution < -0.4 is 14.8 Å². The molecule has 1 N–H and O–H groups in total. The van der Waals surface area contributed by atoms with E-state index in [2.05, 4.69) is 5.32 Å². The molecule has 4 heteroatoms. The van der Waals surface area contributed by atoms with Gasteiger partial charge in [0, 0.05) is 28.9 Å². The molecular formula is C16H18ClNO2. The molecule has 0 saturated carbocycles. The maximum atomic E-state index is 6.12. The number of hydrogen-bond acceptors (Lipinski definition) is 3. The SMILES string of the molecule is CCOc1c(CNc2ccccc2)cc(Cl)cc1OC. The van der Waals surface area contributed by atoms with Crippen LogP contribution >= 0.6 is 11.6 Å². The van der Waals surface area contributed by atoms with Crippen LogP contribution in [0.25, 0.3) is 0 Å². The van der Waals surface area contributed by atoms with Gasteiger partial charge in [-0.15, -0.1) is 0 Å². The molecule has 0 saturated heterocycles. The Morgan fingerprint density at radius 2 is 1.90 bits per heavy atom. The monoisotopic (exact) mass is 291 g/mol. The van der Waals surface area contributed by atoms with Crippen molar-refractivity contribution in [1.82, 2.24) is 0 Å². The lowest BCUT2D eigenvalue weighted by Crippen LogP contribution is -2.05. The predicted molar refractivity (Wildman–Crippen MR) is 82.9 cm³/mol. The lowest BCUT2D eigenvalue weighted by atomic mass is 10.1. The van der Waals surface area contributed by atoms with Crippen LogP contribution in [0.5, 0.6) is 11.5 Å². The third-order valence-electron chi connectivity index (χ3n) is 2.86. The Labute approximate surface area is 124 Å². The van der Waals surface area contributed by atoms with E-state index in [1.54, 1.807) is 13.2 Å². The maximum Gasteiger partial charge on any atom is 0.166 e. The molecule has 2 aromatic rings. The van der Waals surface area contributed by atoms with Gasteiger partial charge in [-0.25, -0.2) is 0 Å².